The van der Waals surface area contributed by atoms with E-state index >= 15 is 0 Å². The van der Waals surface area contributed by atoms with Crippen LogP contribution in [0.25, 0.3) is 76.4 Å². The minimum Gasteiger partial charge on any atom is -0.255 e. The number of benzene rings is 5. The van der Waals surface area contributed by atoms with Gasteiger partial charge in [0.15, 0.2) is 17.5 Å². The fourth-order valence-corrected chi connectivity index (χ4v) is 6.43. The molecule has 0 aliphatic heterocycles. The topological polar surface area (TPSA) is 51.6 Å². The predicted molar refractivity (Wildman–Crippen MR) is 170 cm³/mol. The average molecular weight is 543 g/mol. The van der Waals surface area contributed by atoms with Gasteiger partial charge in [0.2, 0.25) is 0 Å². The third-order valence-electron chi connectivity index (χ3n) is 7.39. The van der Waals surface area contributed by atoms with Crippen LogP contribution in [-0.4, -0.2) is 19.9 Å². The van der Waals surface area contributed by atoms with E-state index in [9.17, 15) is 0 Å². The molecule has 0 aliphatic rings. The molecule has 0 fully saturated rings. The van der Waals surface area contributed by atoms with Gasteiger partial charge in [0, 0.05) is 43.7 Å². The summed E-state index contributed by atoms with van der Waals surface area (Å²) in [4.78, 5) is 19.3. The molecule has 192 valence electrons. The third kappa shape index (κ3) is 4.24. The van der Waals surface area contributed by atoms with Crippen LogP contribution >= 0.6 is 11.3 Å². The van der Waals surface area contributed by atoms with E-state index < -0.39 is 0 Å². The number of hydrogen-bond acceptors (Lipinski definition) is 5. The Morgan fingerprint density at radius 3 is 1.61 bits per heavy atom. The van der Waals surface area contributed by atoms with Crippen LogP contribution in [0.15, 0.2) is 134 Å². The van der Waals surface area contributed by atoms with E-state index in [4.69, 9.17) is 19.9 Å². The molecule has 0 amide bonds. The SMILES string of the molecule is c1ccc(-c2nc(-c3ccccc3)nc(-c3ccc(-c4ccc5c(c4)ncc4sc6ccccc6c45)cc3)n2)cc1. The van der Waals surface area contributed by atoms with Gasteiger partial charge in [-0.05, 0) is 23.3 Å². The highest BCUT2D eigenvalue weighted by Gasteiger charge is 2.13. The van der Waals surface area contributed by atoms with Crippen molar-refractivity contribution in [3.05, 3.63) is 134 Å². The van der Waals surface area contributed by atoms with E-state index in [0.29, 0.717) is 17.5 Å². The van der Waals surface area contributed by atoms with Crippen LogP contribution in [0.3, 0.4) is 0 Å². The quantitative estimate of drug-likeness (QED) is 0.222. The second kappa shape index (κ2) is 9.73. The second-order valence-corrected chi connectivity index (χ2v) is 11.0. The molecular weight excluding hydrogens is 520 g/mol. The van der Waals surface area contributed by atoms with Crippen LogP contribution in [0.2, 0.25) is 0 Å². The van der Waals surface area contributed by atoms with Crippen LogP contribution in [-0.2, 0) is 0 Å². The van der Waals surface area contributed by atoms with Gasteiger partial charge in [-0.2, -0.15) is 0 Å². The number of rotatable bonds is 4. The summed E-state index contributed by atoms with van der Waals surface area (Å²) in [7, 11) is 0. The highest BCUT2D eigenvalue weighted by atomic mass is 32.1. The van der Waals surface area contributed by atoms with Gasteiger partial charge in [0.05, 0.1) is 10.2 Å². The Kier molecular flexibility index (Phi) is 5.61. The standard InChI is InChI=1S/C36H22N4S/c1-3-9-24(10-4-1)34-38-35(25-11-5-2-6-12-25)40-36(39-34)26-17-15-23(16-18-26)27-19-20-28-30(21-27)37-22-32-33(28)29-13-7-8-14-31(29)41-32/h1-22H. The maximum atomic E-state index is 4.86. The molecule has 0 spiro atoms. The lowest BCUT2D eigenvalue weighted by molar-refractivity contribution is 1.07. The Labute approximate surface area is 240 Å². The monoisotopic (exact) mass is 542 g/mol. The molecular formula is C36H22N4S. The van der Waals surface area contributed by atoms with Crippen molar-refractivity contribution in [2.45, 2.75) is 0 Å². The molecule has 0 bridgehead atoms. The molecule has 0 saturated carbocycles. The summed E-state index contributed by atoms with van der Waals surface area (Å²) < 4.78 is 2.51. The molecule has 0 unspecified atom stereocenters. The minimum atomic E-state index is 0.649. The zero-order valence-electron chi connectivity index (χ0n) is 21.9. The van der Waals surface area contributed by atoms with Gasteiger partial charge in [0.25, 0.3) is 0 Å². The molecule has 3 heterocycles. The van der Waals surface area contributed by atoms with Gasteiger partial charge in [-0.15, -0.1) is 11.3 Å². The third-order valence-corrected chi connectivity index (χ3v) is 8.49. The maximum absolute atomic E-state index is 4.86. The smallest absolute Gasteiger partial charge is 0.164 e. The molecule has 0 atom stereocenters. The summed E-state index contributed by atoms with van der Waals surface area (Å²) in [5, 5.41) is 3.77. The summed E-state index contributed by atoms with van der Waals surface area (Å²) in [5.74, 6) is 1.97. The molecule has 0 N–H and O–H groups in total. The Morgan fingerprint density at radius 2 is 0.951 bits per heavy atom. The van der Waals surface area contributed by atoms with E-state index in [2.05, 4.69) is 66.7 Å². The molecule has 0 aliphatic carbocycles. The lowest BCUT2D eigenvalue weighted by atomic mass is 10.0. The first-order valence-corrected chi connectivity index (χ1v) is 14.3. The van der Waals surface area contributed by atoms with Gasteiger partial charge in [0.1, 0.15) is 0 Å². The second-order valence-electron chi connectivity index (χ2n) is 9.94. The fraction of sp³-hybridized carbons (Fsp3) is 0. The Morgan fingerprint density at radius 1 is 0.415 bits per heavy atom. The van der Waals surface area contributed by atoms with Crippen molar-refractivity contribution in [1.82, 2.24) is 19.9 Å². The van der Waals surface area contributed by atoms with Crippen molar-refractivity contribution in [3.8, 4) is 45.3 Å². The van der Waals surface area contributed by atoms with E-state index in [1.54, 1.807) is 11.3 Å². The maximum Gasteiger partial charge on any atom is 0.164 e. The number of aromatic nitrogens is 4. The number of nitrogens with zero attached hydrogens (tertiary/aromatic N) is 4. The van der Waals surface area contributed by atoms with Crippen molar-refractivity contribution in [2.24, 2.45) is 0 Å². The summed E-state index contributed by atoms with van der Waals surface area (Å²) in [5.41, 5.74) is 6.10. The average Bonchev–Trinajstić information content (AvgIpc) is 3.44. The molecule has 0 radical (unpaired) electrons. The van der Waals surface area contributed by atoms with Crippen LogP contribution in [0, 0.1) is 0 Å². The van der Waals surface area contributed by atoms with Crippen LogP contribution in [0.4, 0.5) is 0 Å². The van der Waals surface area contributed by atoms with Crippen molar-refractivity contribution < 1.29 is 0 Å². The number of hydrogen-bond donors (Lipinski definition) is 0. The molecule has 8 rings (SSSR count). The van der Waals surface area contributed by atoms with Gasteiger partial charge in [-0.1, -0.05) is 115 Å². The van der Waals surface area contributed by atoms with Gasteiger partial charge < -0.3 is 0 Å². The Hall–Kier alpha value is -5.26. The zero-order chi connectivity index (χ0) is 27.2. The van der Waals surface area contributed by atoms with E-state index in [1.165, 1.54) is 25.6 Å². The van der Waals surface area contributed by atoms with Crippen molar-refractivity contribution in [3.63, 3.8) is 0 Å². The molecule has 4 nitrogen and oxygen atoms in total. The lowest BCUT2D eigenvalue weighted by Crippen LogP contribution is -2.00. The lowest BCUT2D eigenvalue weighted by Gasteiger charge is -2.09. The molecule has 3 aromatic heterocycles. The first-order valence-electron chi connectivity index (χ1n) is 13.5. The zero-order valence-corrected chi connectivity index (χ0v) is 22.7. The predicted octanol–water partition coefficient (Wildman–Crippen LogP) is 9.46. The van der Waals surface area contributed by atoms with Crippen LogP contribution in [0.5, 0.6) is 0 Å². The molecule has 5 aromatic carbocycles. The van der Waals surface area contributed by atoms with Gasteiger partial charge >= 0.3 is 0 Å². The van der Waals surface area contributed by atoms with Crippen molar-refractivity contribution in [1.29, 1.82) is 0 Å². The fourth-order valence-electron chi connectivity index (χ4n) is 5.34. The Bertz CT molecular complexity index is 2130. The van der Waals surface area contributed by atoms with Gasteiger partial charge in [-0.25, -0.2) is 15.0 Å². The summed E-state index contributed by atoms with van der Waals surface area (Å²) in [6.07, 6.45) is 2.00. The van der Waals surface area contributed by atoms with E-state index in [-0.39, 0.29) is 0 Å². The van der Waals surface area contributed by atoms with E-state index in [1.807, 2.05) is 66.9 Å². The Balaban J connectivity index is 1.19. The first kappa shape index (κ1) is 23.6. The first-order chi connectivity index (χ1) is 20.3. The normalized spacial score (nSPS) is 11.4. The minimum absolute atomic E-state index is 0.649. The largest absolute Gasteiger partial charge is 0.255 e. The number of thiophene rings is 1. The molecule has 8 aromatic rings. The molecule has 5 heteroatoms. The number of pyridine rings is 1. The van der Waals surface area contributed by atoms with E-state index in [0.717, 1.165) is 33.3 Å². The van der Waals surface area contributed by atoms with Gasteiger partial charge in [-0.3, -0.25) is 4.98 Å². The van der Waals surface area contributed by atoms with Crippen molar-refractivity contribution >= 4 is 42.4 Å². The van der Waals surface area contributed by atoms with Crippen molar-refractivity contribution in [2.75, 3.05) is 0 Å². The van der Waals surface area contributed by atoms with Crippen LogP contribution < -0.4 is 0 Å². The molecule has 0 saturated heterocycles. The summed E-state index contributed by atoms with van der Waals surface area (Å²) in [6, 6.07) is 43.7. The highest BCUT2D eigenvalue weighted by molar-refractivity contribution is 7.26. The summed E-state index contributed by atoms with van der Waals surface area (Å²) >= 11 is 1.80. The highest BCUT2D eigenvalue weighted by Crippen LogP contribution is 2.38. The number of fused-ring (bicyclic) bond motifs is 5. The molecule has 41 heavy (non-hydrogen) atoms. The van der Waals surface area contributed by atoms with Crippen LogP contribution in [0.1, 0.15) is 0 Å². The summed E-state index contributed by atoms with van der Waals surface area (Å²) in [6.45, 7) is 0.